The third-order valence-electron chi connectivity index (χ3n) is 5.81. The second kappa shape index (κ2) is 8.82. The first kappa shape index (κ1) is 21.4. The predicted molar refractivity (Wildman–Crippen MR) is 122 cm³/mol. The SMILES string of the molecule is Cc1cnc2c(-c3ccc(F)cc3F)nc(N3CCOC(/C(C=N)=C/NC4CC4)C3)cc2n1. The van der Waals surface area contributed by atoms with Gasteiger partial charge in [0, 0.05) is 61.0 Å². The summed E-state index contributed by atoms with van der Waals surface area (Å²) in [7, 11) is 0. The molecule has 1 saturated heterocycles. The standard InChI is InChI=1S/C24H24F2N6O/c1-14-11-29-24-20(30-14)9-22(31-23(24)18-5-2-16(25)8-19(18)26)32-6-7-33-21(13-32)15(10-27)12-28-17-3-4-17/h2,5,8-12,17,21,27-28H,3-4,6-7,13H2,1H3/b15-12+,27-10?. The van der Waals surface area contributed by atoms with Crippen molar-refractivity contribution in [2.24, 2.45) is 0 Å². The Morgan fingerprint density at radius 2 is 2.09 bits per heavy atom. The van der Waals surface area contributed by atoms with Crippen molar-refractivity contribution >= 4 is 23.1 Å². The summed E-state index contributed by atoms with van der Waals surface area (Å²) in [4.78, 5) is 15.8. The zero-order valence-electron chi connectivity index (χ0n) is 18.2. The summed E-state index contributed by atoms with van der Waals surface area (Å²) < 4.78 is 34.1. The molecule has 3 aromatic rings. The molecule has 7 nitrogen and oxygen atoms in total. The van der Waals surface area contributed by atoms with Crippen LogP contribution in [0.3, 0.4) is 0 Å². The minimum Gasteiger partial charge on any atom is -0.388 e. The van der Waals surface area contributed by atoms with E-state index in [9.17, 15) is 8.78 Å². The van der Waals surface area contributed by atoms with Gasteiger partial charge in [-0.1, -0.05) is 0 Å². The van der Waals surface area contributed by atoms with Gasteiger partial charge in [0.2, 0.25) is 0 Å². The lowest BCUT2D eigenvalue weighted by atomic mass is 10.1. The second-order valence-electron chi connectivity index (χ2n) is 8.37. The Morgan fingerprint density at radius 3 is 2.85 bits per heavy atom. The number of hydrogen-bond acceptors (Lipinski definition) is 7. The van der Waals surface area contributed by atoms with Gasteiger partial charge >= 0.3 is 0 Å². The Kier molecular flexibility index (Phi) is 5.72. The van der Waals surface area contributed by atoms with Crippen LogP contribution < -0.4 is 10.2 Å². The molecule has 1 saturated carbocycles. The number of fused-ring (bicyclic) bond motifs is 1. The van der Waals surface area contributed by atoms with E-state index in [4.69, 9.17) is 15.1 Å². The van der Waals surface area contributed by atoms with Crippen LogP contribution in [-0.4, -0.2) is 53.0 Å². The van der Waals surface area contributed by atoms with Gasteiger partial charge < -0.3 is 20.4 Å². The van der Waals surface area contributed by atoms with Gasteiger partial charge in [-0.25, -0.2) is 18.7 Å². The number of aromatic nitrogens is 3. The van der Waals surface area contributed by atoms with Gasteiger partial charge in [0.1, 0.15) is 34.8 Å². The molecule has 0 bridgehead atoms. The highest BCUT2D eigenvalue weighted by Crippen LogP contribution is 2.31. The molecule has 5 rings (SSSR count). The molecule has 1 aliphatic carbocycles. The molecule has 2 aromatic heterocycles. The monoisotopic (exact) mass is 450 g/mol. The Labute approximate surface area is 190 Å². The number of morpholine rings is 1. The van der Waals surface area contributed by atoms with Crippen molar-refractivity contribution < 1.29 is 13.5 Å². The summed E-state index contributed by atoms with van der Waals surface area (Å²) in [6, 6.07) is 5.74. The third kappa shape index (κ3) is 4.54. The smallest absolute Gasteiger partial charge is 0.135 e. The van der Waals surface area contributed by atoms with Crippen LogP contribution in [0.25, 0.3) is 22.3 Å². The van der Waals surface area contributed by atoms with Gasteiger partial charge in [-0.3, -0.25) is 4.98 Å². The molecule has 170 valence electrons. The molecule has 3 heterocycles. The zero-order chi connectivity index (χ0) is 22.9. The zero-order valence-corrected chi connectivity index (χ0v) is 18.2. The number of anilines is 1. The van der Waals surface area contributed by atoms with E-state index in [1.807, 2.05) is 24.1 Å². The topological polar surface area (TPSA) is 87.0 Å². The Bertz CT molecular complexity index is 1240. The van der Waals surface area contributed by atoms with Crippen LogP contribution in [-0.2, 0) is 4.74 Å². The number of ether oxygens (including phenoxy) is 1. The Balaban J connectivity index is 1.53. The number of benzene rings is 1. The lowest BCUT2D eigenvalue weighted by Gasteiger charge is -2.34. The fourth-order valence-corrected chi connectivity index (χ4v) is 3.88. The van der Waals surface area contributed by atoms with Crippen LogP contribution in [0, 0.1) is 24.0 Å². The molecular formula is C24H24F2N6O. The van der Waals surface area contributed by atoms with Gasteiger partial charge in [0.05, 0.1) is 17.8 Å². The molecule has 1 aromatic carbocycles. The predicted octanol–water partition coefficient (Wildman–Crippen LogP) is 3.77. The number of aryl methyl sites for hydroxylation is 1. The number of rotatable bonds is 6. The van der Waals surface area contributed by atoms with Crippen LogP contribution in [0.1, 0.15) is 18.5 Å². The molecule has 1 aliphatic heterocycles. The molecule has 0 amide bonds. The van der Waals surface area contributed by atoms with E-state index in [-0.39, 0.29) is 11.7 Å². The highest BCUT2D eigenvalue weighted by Gasteiger charge is 2.27. The van der Waals surface area contributed by atoms with Crippen molar-refractivity contribution in [1.29, 1.82) is 5.41 Å². The fourth-order valence-electron chi connectivity index (χ4n) is 3.88. The molecule has 2 aliphatic rings. The maximum absolute atomic E-state index is 14.7. The van der Waals surface area contributed by atoms with Gasteiger partial charge in [-0.15, -0.1) is 0 Å². The fraction of sp³-hybridized carbons (Fsp3) is 0.333. The van der Waals surface area contributed by atoms with E-state index >= 15 is 0 Å². The lowest BCUT2D eigenvalue weighted by molar-refractivity contribution is 0.0675. The normalized spacial score (nSPS) is 19.1. The van der Waals surface area contributed by atoms with Gasteiger partial charge in [-0.05, 0) is 31.9 Å². The summed E-state index contributed by atoms with van der Waals surface area (Å²) >= 11 is 0. The van der Waals surface area contributed by atoms with Gasteiger partial charge in [0.25, 0.3) is 0 Å². The number of nitrogens with one attached hydrogen (secondary N) is 2. The number of nitrogens with zero attached hydrogens (tertiary/aromatic N) is 4. The summed E-state index contributed by atoms with van der Waals surface area (Å²) in [6.07, 6.45) is 6.77. The van der Waals surface area contributed by atoms with Crippen molar-refractivity contribution in [2.75, 3.05) is 24.6 Å². The first-order chi connectivity index (χ1) is 16.0. The van der Waals surface area contributed by atoms with E-state index < -0.39 is 11.6 Å². The minimum atomic E-state index is -0.705. The van der Waals surface area contributed by atoms with E-state index in [1.54, 1.807) is 6.20 Å². The van der Waals surface area contributed by atoms with Crippen LogP contribution >= 0.6 is 0 Å². The maximum atomic E-state index is 14.7. The minimum absolute atomic E-state index is 0.167. The van der Waals surface area contributed by atoms with E-state index in [0.717, 1.165) is 30.2 Å². The highest BCUT2D eigenvalue weighted by atomic mass is 19.1. The largest absolute Gasteiger partial charge is 0.388 e. The van der Waals surface area contributed by atoms with Crippen molar-refractivity contribution in [1.82, 2.24) is 20.3 Å². The molecule has 2 N–H and O–H groups in total. The van der Waals surface area contributed by atoms with Crippen molar-refractivity contribution in [3.63, 3.8) is 0 Å². The van der Waals surface area contributed by atoms with E-state index in [0.29, 0.717) is 48.3 Å². The Hall–Kier alpha value is -3.46. The molecule has 0 spiro atoms. The quantitative estimate of drug-likeness (QED) is 0.556. The van der Waals surface area contributed by atoms with Crippen LogP contribution in [0.2, 0.25) is 0 Å². The lowest BCUT2D eigenvalue weighted by Crippen LogP contribution is -2.44. The summed E-state index contributed by atoms with van der Waals surface area (Å²) in [5.74, 6) is -0.752. The number of halogens is 2. The number of pyridine rings is 1. The third-order valence-corrected chi connectivity index (χ3v) is 5.81. The summed E-state index contributed by atoms with van der Waals surface area (Å²) in [6.45, 7) is 3.36. The summed E-state index contributed by atoms with van der Waals surface area (Å²) in [5.41, 5.74) is 3.00. The molecule has 1 unspecified atom stereocenters. The van der Waals surface area contributed by atoms with Crippen LogP contribution in [0.4, 0.5) is 14.6 Å². The number of hydrogen-bond donors (Lipinski definition) is 2. The molecular weight excluding hydrogens is 426 g/mol. The van der Waals surface area contributed by atoms with Gasteiger partial charge in [0.15, 0.2) is 0 Å². The first-order valence-corrected chi connectivity index (χ1v) is 10.9. The molecule has 2 fully saturated rings. The van der Waals surface area contributed by atoms with E-state index in [2.05, 4.69) is 15.3 Å². The highest BCUT2D eigenvalue weighted by molar-refractivity contribution is 5.91. The molecule has 1 atom stereocenters. The maximum Gasteiger partial charge on any atom is 0.135 e. The summed E-state index contributed by atoms with van der Waals surface area (Å²) in [5, 5.41) is 11.1. The molecule has 9 heteroatoms. The van der Waals surface area contributed by atoms with Gasteiger partial charge in [-0.2, -0.15) is 0 Å². The second-order valence-corrected chi connectivity index (χ2v) is 8.37. The average molecular weight is 450 g/mol. The van der Waals surface area contributed by atoms with E-state index in [1.165, 1.54) is 18.3 Å². The van der Waals surface area contributed by atoms with Crippen molar-refractivity contribution in [2.45, 2.75) is 31.9 Å². The van der Waals surface area contributed by atoms with Crippen LogP contribution in [0.15, 0.2) is 42.2 Å². The van der Waals surface area contributed by atoms with Crippen molar-refractivity contribution in [3.05, 3.63) is 59.6 Å². The Morgan fingerprint density at radius 1 is 1.24 bits per heavy atom. The van der Waals surface area contributed by atoms with Crippen molar-refractivity contribution in [3.8, 4) is 11.3 Å². The first-order valence-electron chi connectivity index (χ1n) is 10.9. The average Bonchev–Trinajstić information content (AvgIpc) is 3.63. The molecule has 33 heavy (non-hydrogen) atoms. The van der Waals surface area contributed by atoms with Crippen LogP contribution in [0.5, 0.6) is 0 Å². The molecule has 0 radical (unpaired) electrons.